The van der Waals surface area contributed by atoms with Gasteiger partial charge in [0.25, 0.3) is 0 Å². The van der Waals surface area contributed by atoms with Gasteiger partial charge in [0.2, 0.25) is 5.79 Å². The number of likely N-dealkylation sites (tertiary alicyclic amines) is 1. The number of rotatable bonds is 1. The molecule has 1 atom stereocenters. The fourth-order valence-electron chi connectivity index (χ4n) is 2.51. The van der Waals surface area contributed by atoms with Crippen LogP contribution in [0.1, 0.15) is 6.92 Å². The third kappa shape index (κ3) is 1.45. The van der Waals surface area contributed by atoms with E-state index in [1.807, 2.05) is 0 Å². The number of quaternary nitrogens is 1. The van der Waals surface area contributed by atoms with Crippen LogP contribution < -0.4 is 45.9 Å². The zero-order valence-corrected chi connectivity index (χ0v) is 13.6. The summed E-state index contributed by atoms with van der Waals surface area (Å²) in [6.45, 7) is 1.69. The zero-order chi connectivity index (χ0) is 15.7. The van der Waals surface area contributed by atoms with Crippen LogP contribution in [-0.4, -0.2) is 44.9 Å². The highest BCUT2D eigenvalue weighted by atomic mass is 127. The number of piperidine rings is 1. The number of halogens is 1. The summed E-state index contributed by atoms with van der Waals surface area (Å²) in [5.74, 6) is -1.71. The number of nitrogens with zero attached hydrogens (tertiary/aromatic N) is 1. The van der Waals surface area contributed by atoms with E-state index < -0.39 is 47.4 Å². The van der Waals surface area contributed by atoms with Crippen molar-refractivity contribution in [2.24, 2.45) is 45.9 Å². The van der Waals surface area contributed by atoms with Crippen molar-refractivity contribution in [1.29, 1.82) is 3.56 Å². The minimum atomic E-state index is -1.95. The first-order valence-corrected chi connectivity index (χ1v) is 7.69. The Morgan fingerprint density at radius 2 is 1.16 bits per heavy atom. The fraction of sp³-hybridized carbons (Fsp3) is 1.00. The summed E-state index contributed by atoms with van der Waals surface area (Å²) in [4.78, 5) is 0. The van der Waals surface area contributed by atoms with E-state index in [2.05, 4.69) is 0 Å². The summed E-state index contributed by atoms with van der Waals surface area (Å²) >= 11 is -1.30. The van der Waals surface area contributed by atoms with Crippen LogP contribution in [0.15, 0.2) is 0 Å². The molecule has 114 valence electrons. The first-order chi connectivity index (χ1) is 8.06. The molecule has 0 aromatic heterocycles. The summed E-state index contributed by atoms with van der Waals surface area (Å²) < 4.78 is 6.70. The summed E-state index contributed by atoms with van der Waals surface area (Å²) in [6.07, 6.45) is 0. The SMILES string of the molecule is CC1(I=N)C(N)(N)C(N)(N)C(N)(N)C(N)(N)[N+]1(C)C. The maximum absolute atomic E-state index is 7.92. The largest absolute Gasteiger partial charge is 0.308 e. The molecule has 1 unspecified atom stereocenters. The molecule has 11 heteroatoms. The molecular formula is C8H26IN10+. The molecule has 0 bridgehead atoms. The summed E-state index contributed by atoms with van der Waals surface area (Å²) in [6, 6.07) is 0. The Balaban J connectivity index is 3.81. The van der Waals surface area contributed by atoms with Gasteiger partial charge < -0.3 is 34.4 Å². The zero-order valence-electron chi connectivity index (χ0n) is 11.4. The molecule has 1 aliphatic heterocycles. The van der Waals surface area contributed by atoms with Crippen molar-refractivity contribution in [3.8, 4) is 0 Å². The first kappa shape index (κ1) is 17.2. The van der Waals surface area contributed by atoms with Crippen molar-refractivity contribution in [2.45, 2.75) is 33.2 Å². The smallest absolute Gasteiger partial charge is 0.241 e. The standard InChI is InChI=1S/C8H26IN10/c1-4(9-18)5(10,11)6(12,13)7(14,15)8(16,17)19(4,2)3/h18H,10-17H2,1-3H3/q+1. The fourth-order valence-corrected chi connectivity index (χ4v) is 4.40. The molecule has 0 saturated carbocycles. The average Bonchev–Trinajstić information content (AvgIpc) is 2.24. The van der Waals surface area contributed by atoms with Crippen LogP contribution in [0.25, 0.3) is 0 Å². The van der Waals surface area contributed by atoms with Gasteiger partial charge in [0.15, 0.2) is 14.9 Å². The highest BCUT2D eigenvalue weighted by molar-refractivity contribution is 14.1. The second-order valence-electron chi connectivity index (χ2n) is 5.93. The molecule has 0 spiro atoms. The van der Waals surface area contributed by atoms with Gasteiger partial charge in [-0.1, -0.05) is 0 Å². The Bertz CT molecular complexity index is 382. The normalized spacial score (nSPS) is 37.8. The van der Waals surface area contributed by atoms with Crippen molar-refractivity contribution in [3.63, 3.8) is 0 Å². The molecule has 0 amide bonds. The maximum Gasteiger partial charge on any atom is 0.241 e. The lowest BCUT2D eigenvalue weighted by atomic mass is 9.69. The summed E-state index contributed by atoms with van der Waals surface area (Å²) in [7, 11) is 3.35. The second-order valence-corrected chi connectivity index (χ2v) is 8.57. The van der Waals surface area contributed by atoms with E-state index in [-0.39, 0.29) is 4.48 Å². The van der Waals surface area contributed by atoms with Crippen LogP contribution in [-0.2, 0) is 0 Å². The Morgan fingerprint density at radius 3 is 1.47 bits per heavy atom. The van der Waals surface area contributed by atoms with Crippen LogP contribution >= 0.6 is 21.0 Å². The van der Waals surface area contributed by atoms with Crippen LogP contribution in [0.5, 0.6) is 0 Å². The van der Waals surface area contributed by atoms with Crippen LogP contribution in [0, 0.1) is 3.56 Å². The molecule has 19 heavy (non-hydrogen) atoms. The molecule has 0 aliphatic carbocycles. The summed E-state index contributed by atoms with van der Waals surface area (Å²) in [5, 5.41) is 0. The number of nitrogens with two attached hydrogens (primary N) is 8. The Kier molecular flexibility index (Phi) is 3.51. The van der Waals surface area contributed by atoms with Gasteiger partial charge >= 0.3 is 0 Å². The number of alkyl halides is 1. The van der Waals surface area contributed by atoms with Gasteiger partial charge in [-0.25, -0.2) is 0 Å². The minimum absolute atomic E-state index is 0.160. The highest BCUT2D eigenvalue weighted by Crippen LogP contribution is 2.51. The average molecular weight is 389 g/mol. The van der Waals surface area contributed by atoms with E-state index >= 15 is 0 Å². The van der Waals surface area contributed by atoms with Gasteiger partial charge in [-0.05, 0) is 0 Å². The van der Waals surface area contributed by atoms with Crippen molar-refractivity contribution in [1.82, 2.24) is 0 Å². The molecule has 10 nitrogen and oxygen atoms in total. The molecule has 17 N–H and O–H groups in total. The van der Waals surface area contributed by atoms with Crippen LogP contribution in [0.3, 0.4) is 0 Å². The first-order valence-electron chi connectivity index (χ1n) is 5.53. The molecular weight excluding hydrogens is 363 g/mol. The topological polar surface area (TPSA) is 232 Å². The predicted octanol–water partition coefficient (Wildman–Crippen LogP) is -4.06. The molecule has 1 fully saturated rings. The van der Waals surface area contributed by atoms with Crippen molar-refractivity contribution >= 4 is 21.0 Å². The third-order valence-electron chi connectivity index (χ3n) is 4.95. The predicted molar refractivity (Wildman–Crippen MR) is 81.7 cm³/mol. The highest BCUT2D eigenvalue weighted by Gasteiger charge is 2.81. The third-order valence-corrected chi connectivity index (χ3v) is 8.09. The van der Waals surface area contributed by atoms with E-state index in [1.54, 1.807) is 21.0 Å². The Morgan fingerprint density at radius 1 is 0.789 bits per heavy atom. The Hall–Kier alpha value is 0.170. The molecule has 0 aromatic rings. The molecule has 1 aliphatic rings. The molecule has 1 rings (SSSR count). The lowest BCUT2D eigenvalue weighted by Crippen LogP contribution is -3.09. The van der Waals surface area contributed by atoms with Crippen LogP contribution in [0.4, 0.5) is 0 Å². The van der Waals surface area contributed by atoms with E-state index in [9.17, 15) is 0 Å². The minimum Gasteiger partial charge on any atom is -0.308 e. The molecule has 0 radical (unpaired) electrons. The van der Waals surface area contributed by atoms with Gasteiger partial charge in [-0.15, -0.1) is 0 Å². The number of hydrogen-bond donors (Lipinski definition) is 9. The lowest BCUT2D eigenvalue weighted by Gasteiger charge is -2.70. The van der Waals surface area contributed by atoms with Crippen molar-refractivity contribution in [3.05, 3.63) is 0 Å². The number of nitrogens with one attached hydrogen (secondary N) is 1. The molecule has 1 saturated heterocycles. The van der Waals surface area contributed by atoms with E-state index in [1.165, 1.54) is 0 Å². The van der Waals surface area contributed by atoms with Crippen LogP contribution in [0.2, 0.25) is 0 Å². The van der Waals surface area contributed by atoms with Gasteiger partial charge in [-0.3, -0.25) is 19.5 Å². The van der Waals surface area contributed by atoms with Gasteiger partial charge in [0, 0.05) is 6.92 Å². The summed E-state index contributed by atoms with van der Waals surface area (Å²) in [5.41, 5.74) is 43.1. The van der Waals surface area contributed by atoms with Gasteiger partial charge in [-0.2, -0.15) is 0 Å². The van der Waals surface area contributed by atoms with Gasteiger partial charge in [0.05, 0.1) is 35.1 Å². The number of likely N-dealkylation sites (N-methyl/N-ethyl adjacent to an activating group) is 1. The second kappa shape index (κ2) is 3.88. The van der Waals surface area contributed by atoms with Gasteiger partial charge in [0.1, 0.15) is 5.66 Å². The lowest BCUT2D eigenvalue weighted by molar-refractivity contribution is -0.984. The molecule has 1 heterocycles. The van der Waals surface area contributed by atoms with Crippen molar-refractivity contribution < 1.29 is 4.48 Å². The molecule has 0 aromatic carbocycles. The number of hydrogen-bond acceptors (Lipinski definition) is 9. The monoisotopic (exact) mass is 389 g/mol. The van der Waals surface area contributed by atoms with E-state index in [4.69, 9.17) is 49.4 Å². The van der Waals surface area contributed by atoms with E-state index in [0.29, 0.717) is 0 Å². The quantitative estimate of drug-likeness (QED) is 0.0702. The maximum atomic E-state index is 7.92. The Labute approximate surface area is 122 Å². The van der Waals surface area contributed by atoms with E-state index in [0.717, 1.165) is 0 Å². The van der Waals surface area contributed by atoms with Crippen molar-refractivity contribution in [2.75, 3.05) is 14.1 Å².